The zero-order chi connectivity index (χ0) is 15.0. The second-order valence-corrected chi connectivity index (χ2v) is 6.00. The van der Waals surface area contributed by atoms with E-state index in [2.05, 4.69) is 12.0 Å². The molecule has 1 aliphatic rings. The summed E-state index contributed by atoms with van der Waals surface area (Å²) in [6.07, 6.45) is 4.20. The van der Waals surface area contributed by atoms with Gasteiger partial charge in [0, 0.05) is 19.3 Å². The van der Waals surface area contributed by atoms with E-state index in [4.69, 9.17) is 11.6 Å². The van der Waals surface area contributed by atoms with Crippen LogP contribution in [-0.2, 0) is 0 Å². The molecular weight excluding hydrogens is 286 g/mol. The first-order valence-corrected chi connectivity index (χ1v) is 7.53. The smallest absolute Gasteiger partial charge is 0.274 e. The quantitative estimate of drug-likeness (QED) is 0.868. The van der Waals surface area contributed by atoms with Crippen LogP contribution in [0.4, 0.5) is 0 Å². The molecule has 1 saturated carbocycles. The molecule has 0 saturated heterocycles. The van der Waals surface area contributed by atoms with Crippen molar-refractivity contribution in [1.82, 2.24) is 14.7 Å². The number of hydrogen-bond donors (Lipinski definition) is 0. The number of carbonyl (C=O) groups excluding carboxylic acids is 1. The maximum Gasteiger partial charge on any atom is 0.274 e. The number of amides is 1. The number of hydrogen-bond acceptors (Lipinski definition) is 2. The fraction of sp³-hybridized carbons (Fsp3) is 0.375. The Hall–Kier alpha value is -1.81. The standard InChI is InChI=1S/C16H18ClN3O/c1-11(12-7-8-12)19(2)16(21)14-9-10-20(18-14)15-6-4-3-5-13(15)17/h3-6,9-12H,7-8H2,1-2H3/t11-/m0/s1. The van der Waals surface area contributed by atoms with Gasteiger partial charge in [-0.25, -0.2) is 4.68 Å². The summed E-state index contributed by atoms with van der Waals surface area (Å²) in [4.78, 5) is 14.3. The number of rotatable bonds is 4. The second-order valence-electron chi connectivity index (χ2n) is 5.59. The van der Waals surface area contributed by atoms with Crippen molar-refractivity contribution in [2.24, 2.45) is 5.92 Å². The third kappa shape index (κ3) is 2.81. The molecule has 4 nitrogen and oxygen atoms in total. The van der Waals surface area contributed by atoms with Crippen molar-refractivity contribution in [3.05, 3.63) is 47.2 Å². The Morgan fingerprint density at radius 1 is 1.38 bits per heavy atom. The maximum absolute atomic E-state index is 12.5. The lowest BCUT2D eigenvalue weighted by Gasteiger charge is -2.23. The minimum absolute atomic E-state index is 0.0415. The summed E-state index contributed by atoms with van der Waals surface area (Å²) in [6, 6.07) is 9.45. The Bertz CT molecular complexity index is 663. The van der Waals surface area contributed by atoms with Crippen molar-refractivity contribution in [2.75, 3.05) is 7.05 Å². The molecule has 2 aromatic rings. The predicted molar refractivity (Wildman–Crippen MR) is 82.9 cm³/mol. The van der Waals surface area contributed by atoms with Gasteiger partial charge >= 0.3 is 0 Å². The average Bonchev–Trinajstić information content (AvgIpc) is 3.23. The van der Waals surface area contributed by atoms with E-state index in [0.717, 1.165) is 5.69 Å². The van der Waals surface area contributed by atoms with Crippen molar-refractivity contribution in [3.8, 4) is 5.69 Å². The van der Waals surface area contributed by atoms with Crippen molar-refractivity contribution in [2.45, 2.75) is 25.8 Å². The van der Waals surface area contributed by atoms with Gasteiger partial charge in [0.1, 0.15) is 0 Å². The number of benzene rings is 1. The van der Waals surface area contributed by atoms with Gasteiger partial charge in [0.15, 0.2) is 5.69 Å². The number of carbonyl (C=O) groups is 1. The first-order chi connectivity index (χ1) is 10.1. The molecule has 5 heteroatoms. The Balaban J connectivity index is 1.81. The van der Waals surface area contributed by atoms with Crippen LogP contribution >= 0.6 is 11.6 Å². The van der Waals surface area contributed by atoms with Gasteiger partial charge in [-0.1, -0.05) is 23.7 Å². The molecule has 1 aromatic heterocycles. The third-order valence-corrected chi connectivity index (χ3v) is 4.46. The molecule has 0 unspecified atom stereocenters. The first kappa shape index (κ1) is 14.1. The molecule has 1 aromatic carbocycles. The van der Waals surface area contributed by atoms with Gasteiger partial charge in [0.2, 0.25) is 0 Å². The lowest BCUT2D eigenvalue weighted by atomic mass is 10.2. The molecule has 110 valence electrons. The average molecular weight is 304 g/mol. The second kappa shape index (κ2) is 5.53. The summed E-state index contributed by atoms with van der Waals surface area (Å²) in [5, 5.41) is 4.98. The van der Waals surface area contributed by atoms with Crippen LogP contribution < -0.4 is 0 Å². The topological polar surface area (TPSA) is 38.1 Å². The Kier molecular flexibility index (Phi) is 3.72. The molecule has 1 heterocycles. The lowest BCUT2D eigenvalue weighted by Crippen LogP contribution is -2.36. The van der Waals surface area contributed by atoms with Gasteiger partial charge in [-0.2, -0.15) is 5.10 Å². The largest absolute Gasteiger partial charge is 0.337 e. The zero-order valence-corrected chi connectivity index (χ0v) is 12.9. The minimum atomic E-state index is -0.0415. The molecule has 1 aliphatic carbocycles. The molecule has 0 radical (unpaired) electrons. The van der Waals surface area contributed by atoms with E-state index in [-0.39, 0.29) is 11.9 Å². The van der Waals surface area contributed by atoms with Crippen LogP contribution in [0.15, 0.2) is 36.5 Å². The van der Waals surface area contributed by atoms with E-state index >= 15 is 0 Å². The highest BCUT2D eigenvalue weighted by atomic mass is 35.5. The molecule has 0 spiro atoms. The van der Waals surface area contributed by atoms with Crippen molar-refractivity contribution in [3.63, 3.8) is 0 Å². The summed E-state index contributed by atoms with van der Waals surface area (Å²) < 4.78 is 1.64. The van der Waals surface area contributed by atoms with Crippen LogP contribution in [0.2, 0.25) is 5.02 Å². The van der Waals surface area contributed by atoms with Gasteiger partial charge in [0.25, 0.3) is 5.91 Å². The minimum Gasteiger partial charge on any atom is -0.337 e. The van der Waals surface area contributed by atoms with E-state index in [9.17, 15) is 4.79 Å². The highest BCUT2D eigenvalue weighted by Gasteiger charge is 2.33. The summed E-state index contributed by atoms with van der Waals surface area (Å²) in [5.74, 6) is 0.602. The fourth-order valence-corrected chi connectivity index (χ4v) is 2.69. The molecule has 0 bridgehead atoms. The number of aromatic nitrogens is 2. The van der Waals surface area contributed by atoms with Crippen molar-refractivity contribution >= 4 is 17.5 Å². The van der Waals surface area contributed by atoms with E-state index in [1.165, 1.54) is 12.8 Å². The molecule has 0 N–H and O–H groups in total. The van der Waals surface area contributed by atoms with Gasteiger partial charge < -0.3 is 4.90 Å². The van der Waals surface area contributed by atoms with Crippen LogP contribution in [0.3, 0.4) is 0 Å². The van der Waals surface area contributed by atoms with E-state index in [1.807, 2.05) is 25.2 Å². The van der Waals surface area contributed by atoms with Crippen LogP contribution in [0, 0.1) is 5.92 Å². The van der Waals surface area contributed by atoms with Gasteiger partial charge in [0.05, 0.1) is 10.7 Å². The fourth-order valence-electron chi connectivity index (χ4n) is 2.47. The SMILES string of the molecule is C[C@@H](C1CC1)N(C)C(=O)c1ccn(-c2ccccc2Cl)n1. The van der Waals surface area contributed by atoms with Gasteiger partial charge in [-0.05, 0) is 43.9 Å². The Morgan fingerprint density at radius 3 is 2.76 bits per heavy atom. The number of halogens is 1. The highest BCUT2D eigenvalue weighted by molar-refractivity contribution is 6.32. The monoisotopic (exact) mass is 303 g/mol. The van der Waals surface area contributed by atoms with Crippen molar-refractivity contribution in [1.29, 1.82) is 0 Å². The third-order valence-electron chi connectivity index (χ3n) is 4.14. The molecule has 1 atom stereocenters. The van der Waals surface area contributed by atoms with Gasteiger partial charge in [-0.3, -0.25) is 4.79 Å². The van der Waals surface area contributed by atoms with Crippen LogP contribution in [0.5, 0.6) is 0 Å². The normalized spacial score (nSPS) is 15.8. The Morgan fingerprint density at radius 2 is 2.10 bits per heavy atom. The van der Waals surface area contributed by atoms with Crippen LogP contribution in [0.1, 0.15) is 30.3 Å². The zero-order valence-electron chi connectivity index (χ0n) is 12.2. The molecule has 1 fully saturated rings. The maximum atomic E-state index is 12.5. The number of nitrogens with zero attached hydrogens (tertiary/aromatic N) is 3. The van der Waals surface area contributed by atoms with Gasteiger partial charge in [-0.15, -0.1) is 0 Å². The van der Waals surface area contributed by atoms with Crippen LogP contribution in [0.25, 0.3) is 5.69 Å². The van der Waals surface area contributed by atoms with Crippen molar-refractivity contribution < 1.29 is 4.79 Å². The summed E-state index contributed by atoms with van der Waals surface area (Å²) in [7, 11) is 1.85. The van der Waals surface area contributed by atoms with E-state index in [0.29, 0.717) is 16.6 Å². The lowest BCUT2D eigenvalue weighted by molar-refractivity contribution is 0.0721. The van der Waals surface area contributed by atoms with Crippen LogP contribution in [-0.4, -0.2) is 33.7 Å². The molecule has 1 amide bonds. The summed E-state index contributed by atoms with van der Waals surface area (Å²) >= 11 is 6.15. The first-order valence-electron chi connectivity index (χ1n) is 7.15. The van der Waals surface area contributed by atoms with E-state index < -0.39 is 0 Å². The summed E-state index contributed by atoms with van der Waals surface area (Å²) in [6.45, 7) is 2.10. The highest BCUT2D eigenvalue weighted by Crippen LogP contribution is 2.35. The predicted octanol–water partition coefficient (Wildman–Crippen LogP) is 3.40. The molecule has 0 aliphatic heterocycles. The summed E-state index contributed by atoms with van der Waals surface area (Å²) in [5.41, 5.74) is 1.22. The number of para-hydroxylation sites is 1. The Labute approximate surface area is 129 Å². The molecule has 3 rings (SSSR count). The van der Waals surface area contributed by atoms with E-state index in [1.54, 1.807) is 27.9 Å². The molecular formula is C16H18ClN3O. The molecule has 21 heavy (non-hydrogen) atoms.